The molecule has 0 radical (unpaired) electrons. The molecule has 9 nitrogen and oxygen atoms in total. The van der Waals surface area contributed by atoms with Gasteiger partial charge < -0.3 is 20.5 Å². The number of halogens is 1. The molecule has 0 aliphatic heterocycles. The molecule has 2 aromatic rings. The molecule has 1 unspecified atom stereocenters. The molecule has 0 saturated heterocycles. The minimum absolute atomic E-state index is 0.261. The fourth-order valence-corrected chi connectivity index (χ4v) is 4.92. The summed E-state index contributed by atoms with van der Waals surface area (Å²) in [6.45, 7) is 4.50. The monoisotopic (exact) mass is 513 g/mol. The summed E-state index contributed by atoms with van der Waals surface area (Å²) in [5.41, 5.74) is 0.781. The number of pyridine rings is 2. The zero-order valence-corrected chi connectivity index (χ0v) is 21.6. The van der Waals surface area contributed by atoms with Gasteiger partial charge in [0.1, 0.15) is 11.9 Å². The number of nitrogens with one attached hydrogen (secondary N) is 2. The average molecular weight is 514 g/mol. The quantitative estimate of drug-likeness (QED) is 0.413. The van der Waals surface area contributed by atoms with Crippen molar-refractivity contribution in [3.8, 4) is 11.9 Å². The van der Waals surface area contributed by atoms with Crippen LogP contribution in [0.4, 0.5) is 5.82 Å². The van der Waals surface area contributed by atoms with Gasteiger partial charge in [0.2, 0.25) is 5.88 Å². The number of nitrogens with zero attached hydrogens (tertiary/aromatic N) is 3. The van der Waals surface area contributed by atoms with Gasteiger partial charge in [-0.1, -0.05) is 24.9 Å². The Bertz CT molecular complexity index is 1140. The SMILES string of the molecule is CCCC(C)(Nc1ncc(C(=O)NC[C@H]2CC[C@H](C(=O)O)CC2)cc1Cl)c1cc(C#N)cnc1OC. The second-order valence-electron chi connectivity index (χ2n) is 9.42. The van der Waals surface area contributed by atoms with Crippen LogP contribution in [0.3, 0.4) is 0 Å². The first-order valence-electron chi connectivity index (χ1n) is 12.1. The third-order valence-corrected chi connectivity index (χ3v) is 7.05. The van der Waals surface area contributed by atoms with Crippen molar-refractivity contribution in [2.45, 2.75) is 57.9 Å². The Kier molecular flexibility index (Phi) is 9.10. The van der Waals surface area contributed by atoms with Gasteiger partial charge in [-0.2, -0.15) is 5.26 Å². The van der Waals surface area contributed by atoms with Crippen molar-refractivity contribution in [3.63, 3.8) is 0 Å². The van der Waals surface area contributed by atoms with Gasteiger partial charge in [0.25, 0.3) is 5.91 Å². The van der Waals surface area contributed by atoms with E-state index in [0.717, 1.165) is 19.3 Å². The third-order valence-electron chi connectivity index (χ3n) is 6.76. The Morgan fingerprint density at radius 3 is 2.56 bits per heavy atom. The van der Waals surface area contributed by atoms with Gasteiger partial charge in [0, 0.05) is 24.5 Å². The number of rotatable bonds is 10. The average Bonchev–Trinajstić information content (AvgIpc) is 2.88. The minimum atomic E-state index is -0.741. The molecule has 0 spiro atoms. The Morgan fingerprint density at radius 2 is 1.97 bits per heavy atom. The second kappa shape index (κ2) is 12.0. The predicted molar refractivity (Wildman–Crippen MR) is 136 cm³/mol. The number of aromatic nitrogens is 2. The lowest BCUT2D eigenvalue weighted by Crippen LogP contribution is -2.34. The van der Waals surface area contributed by atoms with Crippen LogP contribution in [0.25, 0.3) is 0 Å². The summed E-state index contributed by atoms with van der Waals surface area (Å²) in [6.07, 6.45) is 7.28. The fraction of sp³-hybridized carbons (Fsp3) is 0.500. The summed E-state index contributed by atoms with van der Waals surface area (Å²) in [4.78, 5) is 32.5. The van der Waals surface area contributed by atoms with E-state index in [4.69, 9.17) is 21.4 Å². The summed E-state index contributed by atoms with van der Waals surface area (Å²) >= 11 is 6.53. The van der Waals surface area contributed by atoms with Gasteiger partial charge in [-0.25, -0.2) is 9.97 Å². The number of aliphatic carboxylic acids is 1. The van der Waals surface area contributed by atoms with E-state index >= 15 is 0 Å². The molecule has 36 heavy (non-hydrogen) atoms. The summed E-state index contributed by atoms with van der Waals surface area (Å²) in [5, 5.41) is 25.1. The van der Waals surface area contributed by atoms with Crippen molar-refractivity contribution >= 4 is 29.3 Å². The normalized spacial score (nSPS) is 19.0. The van der Waals surface area contributed by atoms with Crippen molar-refractivity contribution in [2.24, 2.45) is 11.8 Å². The van der Waals surface area contributed by atoms with Crippen LogP contribution in [-0.2, 0) is 10.3 Å². The number of carbonyl (C=O) groups excluding carboxylic acids is 1. The van der Waals surface area contributed by atoms with E-state index in [-0.39, 0.29) is 22.8 Å². The first-order chi connectivity index (χ1) is 17.2. The zero-order valence-electron chi connectivity index (χ0n) is 20.8. The van der Waals surface area contributed by atoms with Crippen LogP contribution in [0.5, 0.6) is 5.88 Å². The molecule has 3 N–H and O–H groups in total. The maximum absolute atomic E-state index is 12.7. The van der Waals surface area contributed by atoms with Crippen LogP contribution in [0, 0.1) is 23.2 Å². The van der Waals surface area contributed by atoms with Gasteiger partial charge in [-0.05, 0) is 57.1 Å². The van der Waals surface area contributed by atoms with E-state index in [0.29, 0.717) is 54.2 Å². The summed E-state index contributed by atoms with van der Waals surface area (Å²) in [5.74, 6) is -0.231. The number of anilines is 1. The maximum atomic E-state index is 12.7. The van der Waals surface area contributed by atoms with Crippen molar-refractivity contribution in [3.05, 3.63) is 46.2 Å². The predicted octanol–water partition coefficient (Wildman–Crippen LogP) is 4.76. The highest BCUT2D eigenvalue weighted by molar-refractivity contribution is 6.33. The highest BCUT2D eigenvalue weighted by Crippen LogP contribution is 2.37. The maximum Gasteiger partial charge on any atom is 0.306 e. The van der Waals surface area contributed by atoms with Crippen LogP contribution >= 0.6 is 11.6 Å². The molecule has 3 rings (SSSR count). The number of ether oxygens (including phenoxy) is 1. The smallest absolute Gasteiger partial charge is 0.306 e. The molecule has 192 valence electrons. The highest BCUT2D eigenvalue weighted by atomic mass is 35.5. The van der Waals surface area contributed by atoms with E-state index < -0.39 is 11.5 Å². The standard InChI is InChI=1S/C26H32ClN5O4/c1-4-9-26(2,20-10-17(12-28)14-31-24(20)36-3)32-22-21(27)11-19(15-29-22)23(33)30-13-16-5-7-18(8-6-16)25(34)35/h10-11,14-16,18H,4-9,13H2,1-3H3,(H,29,32)(H,30,33)(H,34,35)/t16-,18-,26?. The van der Waals surface area contributed by atoms with Gasteiger partial charge >= 0.3 is 5.97 Å². The highest BCUT2D eigenvalue weighted by Gasteiger charge is 2.32. The van der Waals surface area contributed by atoms with Crippen LogP contribution in [0.15, 0.2) is 24.5 Å². The Morgan fingerprint density at radius 1 is 1.25 bits per heavy atom. The fourth-order valence-electron chi connectivity index (χ4n) is 4.70. The molecule has 1 fully saturated rings. The van der Waals surface area contributed by atoms with Crippen molar-refractivity contribution in [2.75, 3.05) is 19.0 Å². The van der Waals surface area contributed by atoms with Crippen LogP contribution in [0.1, 0.15) is 73.9 Å². The van der Waals surface area contributed by atoms with E-state index in [1.807, 2.05) is 13.8 Å². The molecular formula is C26H32ClN5O4. The lowest BCUT2D eigenvalue weighted by atomic mass is 9.82. The van der Waals surface area contributed by atoms with Crippen molar-refractivity contribution in [1.82, 2.24) is 15.3 Å². The molecule has 1 amide bonds. The van der Waals surface area contributed by atoms with Gasteiger partial charge in [-0.3, -0.25) is 9.59 Å². The van der Waals surface area contributed by atoms with Crippen molar-refractivity contribution in [1.29, 1.82) is 5.26 Å². The van der Waals surface area contributed by atoms with Gasteiger partial charge in [0.05, 0.1) is 34.7 Å². The lowest BCUT2D eigenvalue weighted by molar-refractivity contribution is -0.143. The molecular weight excluding hydrogens is 482 g/mol. The Balaban J connectivity index is 1.72. The summed E-state index contributed by atoms with van der Waals surface area (Å²) in [7, 11) is 1.53. The minimum Gasteiger partial charge on any atom is -0.481 e. The molecule has 1 saturated carbocycles. The molecule has 2 aromatic heterocycles. The first kappa shape index (κ1) is 27.2. The zero-order chi connectivity index (χ0) is 26.3. The molecule has 0 bridgehead atoms. The molecule has 1 atom stereocenters. The van der Waals surface area contributed by atoms with Crippen molar-refractivity contribution < 1.29 is 19.4 Å². The number of hydrogen-bond donors (Lipinski definition) is 3. The number of hydrogen-bond acceptors (Lipinski definition) is 7. The molecule has 1 aliphatic rings. The number of carbonyl (C=O) groups is 2. The second-order valence-corrected chi connectivity index (χ2v) is 9.83. The number of nitriles is 1. The largest absolute Gasteiger partial charge is 0.481 e. The number of amides is 1. The van der Waals surface area contributed by atoms with E-state index in [1.165, 1.54) is 19.5 Å². The van der Waals surface area contributed by atoms with Gasteiger partial charge in [-0.15, -0.1) is 0 Å². The summed E-state index contributed by atoms with van der Waals surface area (Å²) in [6, 6.07) is 5.43. The number of carboxylic acid groups (broad SMARTS) is 1. The Labute approximate surface area is 216 Å². The Hall–Kier alpha value is -3.38. The van der Waals surface area contributed by atoms with E-state index in [2.05, 4.69) is 26.7 Å². The third kappa shape index (κ3) is 6.43. The van der Waals surface area contributed by atoms with Gasteiger partial charge in [0.15, 0.2) is 0 Å². The van der Waals surface area contributed by atoms with Crippen LogP contribution in [-0.4, -0.2) is 40.6 Å². The van der Waals surface area contributed by atoms with Crippen LogP contribution in [0.2, 0.25) is 5.02 Å². The first-order valence-corrected chi connectivity index (χ1v) is 12.5. The molecule has 10 heteroatoms. The lowest BCUT2D eigenvalue weighted by Gasteiger charge is -2.33. The van der Waals surface area contributed by atoms with E-state index in [1.54, 1.807) is 12.1 Å². The molecule has 0 aromatic carbocycles. The molecule has 2 heterocycles. The summed E-state index contributed by atoms with van der Waals surface area (Å²) < 4.78 is 5.45. The van der Waals surface area contributed by atoms with E-state index in [9.17, 15) is 14.9 Å². The molecule has 1 aliphatic carbocycles. The topological polar surface area (TPSA) is 137 Å². The number of carboxylic acids is 1. The van der Waals surface area contributed by atoms with Crippen LogP contribution < -0.4 is 15.4 Å². The number of methoxy groups -OCH3 is 1.